The lowest BCUT2D eigenvalue weighted by atomic mass is 9.73. The first kappa shape index (κ1) is 7.54. The van der Waals surface area contributed by atoms with Crippen LogP contribution in [0.15, 0.2) is 0 Å². The third kappa shape index (κ3) is 1.06. The molecule has 0 aliphatic heterocycles. The topological polar surface area (TPSA) is 34.1 Å². The molecule has 2 aliphatic rings. The molecule has 1 saturated carbocycles. The summed E-state index contributed by atoms with van der Waals surface area (Å²) in [7, 11) is 0. The van der Waals surface area contributed by atoms with Crippen LogP contribution in [0.25, 0.3) is 0 Å². The Morgan fingerprint density at radius 1 is 0.917 bits per heavy atom. The van der Waals surface area contributed by atoms with E-state index in [0.29, 0.717) is 0 Å². The standard InChI is InChI=1S/C10H10O2/c11-9-5-6-10(12)8-4-2-1-3-7(8)9/h7-8H,1-4H2. The van der Waals surface area contributed by atoms with Crippen molar-refractivity contribution in [3.8, 4) is 11.8 Å². The number of fused-ring (bicyclic) bond motifs is 1. The predicted octanol–water partition coefficient (Wildman–Crippen LogP) is 0.948. The van der Waals surface area contributed by atoms with Crippen LogP contribution < -0.4 is 0 Å². The van der Waals surface area contributed by atoms with Crippen LogP contribution in [0.2, 0.25) is 0 Å². The molecule has 2 atom stereocenters. The van der Waals surface area contributed by atoms with Gasteiger partial charge in [-0.2, -0.15) is 0 Å². The highest BCUT2D eigenvalue weighted by Crippen LogP contribution is 2.32. The van der Waals surface area contributed by atoms with Crippen LogP contribution in [0.1, 0.15) is 25.7 Å². The number of rotatable bonds is 0. The normalized spacial score (nSPS) is 33.7. The summed E-state index contributed by atoms with van der Waals surface area (Å²) in [5, 5.41) is 0. The number of hydrogen-bond donors (Lipinski definition) is 0. The van der Waals surface area contributed by atoms with Gasteiger partial charge in [-0.15, -0.1) is 0 Å². The molecule has 2 unspecified atom stereocenters. The fourth-order valence-corrected chi connectivity index (χ4v) is 2.07. The molecule has 0 amide bonds. The monoisotopic (exact) mass is 162 g/mol. The maximum Gasteiger partial charge on any atom is 0.209 e. The van der Waals surface area contributed by atoms with Crippen molar-refractivity contribution in [2.45, 2.75) is 25.7 Å². The van der Waals surface area contributed by atoms with Gasteiger partial charge in [0.2, 0.25) is 11.6 Å². The van der Waals surface area contributed by atoms with Gasteiger partial charge in [0.15, 0.2) is 0 Å². The van der Waals surface area contributed by atoms with Gasteiger partial charge in [-0.25, -0.2) is 0 Å². The van der Waals surface area contributed by atoms with Gasteiger partial charge < -0.3 is 0 Å². The molecule has 0 bridgehead atoms. The Balaban J connectivity index is 2.30. The molecule has 62 valence electrons. The van der Waals surface area contributed by atoms with E-state index in [1.165, 1.54) is 0 Å². The quantitative estimate of drug-likeness (QED) is 0.392. The van der Waals surface area contributed by atoms with Crippen molar-refractivity contribution in [1.29, 1.82) is 0 Å². The van der Waals surface area contributed by atoms with Crippen LogP contribution in [0.4, 0.5) is 0 Å². The highest BCUT2D eigenvalue weighted by atomic mass is 16.1. The van der Waals surface area contributed by atoms with Crippen LogP contribution in [0.3, 0.4) is 0 Å². The summed E-state index contributed by atoms with van der Waals surface area (Å²) in [5.74, 6) is 4.63. The maximum absolute atomic E-state index is 11.2. The number of hydrogen-bond acceptors (Lipinski definition) is 2. The molecule has 0 aromatic heterocycles. The Morgan fingerprint density at radius 3 is 1.75 bits per heavy atom. The van der Waals surface area contributed by atoms with E-state index in [2.05, 4.69) is 11.8 Å². The maximum atomic E-state index is 11.2. The van der Waals surface area contributed by atoms with Crippen molar-refractivity contribution in [3.05, 3.63) is 0 Å². The minimum absolute atomic E-state index is 0.0145. The lowest BCUT2D eigenvalue weighted by Gasteiger charge is -2.27. The van der Waals surface area contributed by atoms with Crippen LogP contribution in [-0.4, -0.2) is 11.6 Å². The number of carbonyl (C=O) groups excluding carboxylic acids is 2. The second kappa shape index (κ2) is 2.75. The van der Waals surface area contributed by atoms with Crippen molar-refractivity contribution in [3.63, 3.8) is 0 Å². The first-order valence-corrected chi connectivity index (χ1v) is 4.39. The van der Waals surface area contributed by atoms with Gasteiger partial charge in [-0.05, 0) is 24.7 Å². The van der Waals surface area contributed by atoms with E-state index in [0.717, 1.165) is 25.7 Å². The fraction of sp³-hybridized carbons (Fsp3) is 0.600. The molecule has 0 saturated heterocycles. The molecule has 12 heavy (non-hydrogen) atoms. The molecule has 2 aliphatic carbocycles. The summed E-state index contributed by atoms with van der Waals surface area (Å²) >= 11 is 0. The van der Waals surface area contributed by atoms with E-state index in [-0.39, 0.29) is 23.4 Å². The number of Topliss-reactive ketones (excluding diaryl/α,β-unsaturated/α-hetero) is 2. The lowest BCUT2D eigenvalue weighted by Crippen LogP contribution is -2.34. The van der Waals surface area contributed by atoms with Gasteiger partial charge in [0.25, 0.3) is 0 Å². The van der Waals surface area contributed by atoms with E-state index in [1.54, 1.807) is 0 Å². The predicted molar refractivity (Wildman–Crippen MR) is 43.2 cm³/mol. The fourth-order valence-electron chi connectivity index (χ4n) is 2.07. The number of carbonyl (C=O) groups is 2. The zero-order chi connectivity index (χ0) is 8.55. The van der Waals surface area contributed by atoms with Crippen LogP contribution in [0.5, 0.6) is 0 Å². The second-order valence-electron chi connectivity index (χ2n) is 3.48. The molecule has 2 nitrogen and oxygen atoms in total. The van der Waals surface area contributed by atoms with Crippen molar-refractivity contribution < 1.29 is 9.59 Å². The average Bonchev–Trinajstić information content (AvgIpc) is 2.12. The van der Waals surface area contributed by atoms with E-state index >= 15 is 0 Å². The van der Waals surface area contributed by atoms with Gasteiger partial charge in [-0.3, -0.25) is 9.59 Å². The van der Waals surface area contributed by atoms with E-state index in [9.17, 15) is 9.59 Å². The summed E-state index contributed by atoms with van der Waals surface area (Å²) in [6.45, 7) is 0. The summed E-state index contributed by atoms with van der Waals surface area (Å²) < 4.78 is 0. The minimum Gasteiger partial charge on any atom is -0.285 e. The summed E-state index contributed by atoms with van der Waals surface area (Å²) in [6.07, 6.45) is 3.87. The molecule has 2 heteroatoms. The average molecular weight is 162 g/mol. The molecule has 1 fully saturated rings. The van der Waals surface area contributed by atoms with Crippen LogP contribution >= 0.6 is 0 Å². The number of ketones is 2. The van der Waals surface area contributed by atoms with Gasteiger partial charge in [0.1, 0.15) is 0 Å². The molecular formula is C10H10O2. The highest BCUT2D eigenvalue weighted by molar-refractivity contribution is 6.12. The Labute approximate surface area is 71.3 Å². The smallest absolute Gasteiger partial charge is 0.209 e. The Bertz CT molecular complexity index is 265. The van der Waals surface area contributed by atoms with Crippen molar-refractivity contribution in [2.75, 3.05) is 0 Å². The first-order chi connectivity index (χ1) is 5.79. The largest absolute Gasteiger partial charge is 0.285 e. The summed E-state index contributed by atoms with van der Waals surface area (Å²) in [5.41, 5.74) is 0. The SMILES string of the molecule is O=C1C#CC(=O)C2CCCCC12. The van der Waals surface area contributed by atoms with E-state index in [1.807, 2.05) is 0 Å². The minimum atomic E-state index is -0.0625. The molecule has 0 heterocycles. The zero-order valence-electron chi connectivity index (χ0n) is 6.80. The van der Waals surface area contributed by atoms with Gasteiger partial charge in [-0.1, -0.05) is 12.8 Å². The third-order valence-corrected chi connectivity index (χ3v) is 2.75. The molecule has 0 spiro atoms. The van der Waals surface area contributed by atoms with Crippen molar-refractivity contribution in [2.24, 2.45) is 11.8 Å². The van der Waals surface area contributed by atoms with Gasteiger partial charge >= 0.3 is 0 Å². The van der Waals surface area contributed by atoms with Crippen LogP contribution in [0, 0.1) is 23.7 Å². The molecule has 2 rings (SSSR count). The van der Waals surface area contributed by atoms with Gasteiger partial charge in [0.05, 0.1) is 0 Å². The first-order valence-electron chi connectivity index (χ1n) is 4.39. The van der Waals surface area contributed by atoms with Crippen molar-refractivity contribution >= 4 is 11.6 Å². The zero-order valence-corrected chi connectivity index (χ0v) is 6.80. The third-order valence-electron chi connectivity index (χ3n) is 2.75. The molecule has 0 aromatic rings. The second-order valence-corrected chi connectivity index (χ2v) is 3.48. The van der Waals surface area contributed by atoms with E-state index in [4.69, 9.17) is 0 Å². The van der Waals surface area contributed by atoms with Crippen LogP contribution in [-0.2, 0) is 9.59 Å². The summed E-state index contributed by atoms with van der Waals surface area (Å²) in [6, 6.07) is 0. The van der Waals surface area contributed by atoms with Gasteiger partial charge in [0, 0.05) is 11.8 Å². The molecule has 0 radical (unpaired) electrons. The molecular weight excluding hydrogens is 152 g/mol. The summed E-state index contributed by atoms with van der Waals surface area (Å²) in [4.78, 5) is 22.5. The highest BCUT2D eigenvalue weighted by Gasteiger charge is 2.36. The Kier molecular flexibility index (Phi) is 1.73. The van der Waals surface area contributed by atoms with Crippen molar-refractivity contribution in [1.82, 2.24) is 0 Å². The van der Waals surface area contributed by atoms with E-state index < -0.39 is 0 Å². The molecule has 0 N–H and O–H groups in total. The molecule has 0 aromatic carbocycles. The Morgan fingerprint density at radius 2 is 1.33 bits per heavy atom. The Hall–Kier alpha value is -1.10. The lowest BCUT2D eigenvalue weighted by molar-refractivity contribution is -0.129.